The molecule has 0 fully saturated rings. The average Bonchev–Trinajstić information content (AvgIpc) is 2.92. The zero-order valence-corrected chi connectivity index (χ0v) is 18.7. The van der Waals surface area contributed by atoms with Crippen LogP contribution in [0, 0.1) is 0 Å². The molecule has 3 heterocycles. The molecule has 3 aromatic heterocycles. The largest absolute Gasteiger partial charge is 0.346 e. The molecule has 0 aliphatic heterocycles. The monoisotopic (exact) mass is 459 g/mol. The van der Waals surface area contributed by atoms with E-state index < -0.39 is 0 Å². The Labute approximate surface area is 201 Å². The van der Waals surface area contributed by atoms with Gasteiger partial charge in [0.2, 0.25) is 0 Å². The fourth-order valence-electron chi connectivity index (χ4n) is 3.75. The number of nitrogens with one attached hydrogen (secondary N) is 2. The third kappa shape index (κ3) is 5.04. The van der Waals surface area contributed by atoms with Crippen LogP contribution in [0.5, 0.6) is 0 Å². The number of fused-ring (bicyclic) bond motifs is 1. The van der Waals surface area contributed by atoms with Gasteiger partial charge in [-0.05, 0) is 54.6 Å². The molecule has 2 N–H and O–H groups in total. The van der Waals surface area contributed by atoms with Crippen molar-refractivity contribution in [3.63, 3.8) is 0 Å². The van der Waals surface area contributed by atoms with Crippen LogP contribution < -0.4 is 10.6 Å². The second-order valence-corrected chi connectivity index (χ2v) is 7.85. The highest BCUT2D eigenvalue weighted by molar-refractivity contribution is 6.13. The lowest BCUT2D eigenvalue weighted by Gasteiger charge is -2.11. The molecule has 2 aromatic carbocycles. The van der Waals surface area contributed by atoms with Gasteiger partial charge in [0.05, 0.1) is 29.0 Å². The molecule has 7 heteroatoms. The molecule has 0 saturated heterocycles. The number of hydrogen-bond donors (Lipinski definition) is 2. The van der Waals surface area contributed by atoms with Gasteiger partial charge in [0.25, 0.3) is 11.8 Å². The van der Waals surface area contributed by atoms with Gasteiger partial charge in [-0.25, -0.2) is 4.98 Å². The van der Waals surface area contributed by atoms with E-state index >= 15 is 0 Å². The van der Waals surface area contributed by atoms with E-state index in [0.29, 0.717) is 29.1 Å². The van der Waals surface area contributed by atoms with Crippen molar-refractivity contribution in [2.45, 2.75) is 6.54 Å². The molecule has 0 aliphatic carbocycles. The van der Waals surface area contributed by atoms with Gasteiger partial charge in [-0.2, -0.15) is 0 Å². The first-order chi connectivity index (χ1) is 17.2. The van der Waals surface area contributed by atoms with Crippen molar-refractivity contribution < 1.29 is 9.59 Å². The van der Waals surface area contributed by atoms with E-state index in [4.69, 9.17) is 4.98 Å². The predicted octanol–water partition coefficient (Wildman–Crippen LogP) is 4.87. The maximum absolute atomic E-state index is 13.3. The Bertz CT molecular complexity index is 1500. The van der Waals surface area contributed by atoms with E-state index in [1.807, 2.05) is 54.6 Å². The molecule has 0 bridgehead atoms. The Balaban J connectivity index is 1.39. The van der Waals surface area contributed by atoms with Crippen LogP contribution in [0.25, 0.3) is 22.2 Å². The van der Waals surface area contributed by atoms with Crippen LogP contribution in [0.15, 0.2) is 104 Å². The molecule has 2 amide bonds. The molecular formula is C28H21N5O2. The van der Waals surface area contributed by atoms with Crippen LogP contribution in [-0.2, 0) is 6.54 Å². The third-order valence-electron chi connectivity index (χ3n) is 5.48. The summed E-state index contributed by atoms with van der Waals surface area (Å²) in [5.41, 5.74) is 4.48. The molecule has 35 heavy (non-hydrogen) atoms. The number of benzene rings is 2. The molecule has 7 nitrogen and oxygen atoms in total. The number of hydrogen-bond acceptors (Lipinski definition) is 5. The van der Waals surface area contributed by atoms with Gasteiger partial charge in [-0.1, -0.05) is 30.3 Å². The molecule has 0 radical (unpaired) electrons. The molecule has 0 unspecified atom stereocenters. The molecule has 0 atom stereocenters. The fraction of sp³-hybridized carbons (Fsp3) is 0.0357. The van der Waals surface area contributed by atoms with Crippen LogP contribution in [-0.4, -0.2) is 26.8 Å². The van der Waals surface area contributed by atoms with Crippen LogP contribution in [0.4, 0.5) is 5.69 Å². The first-order valence-electron chi connectivity index (χ1n) is 11.1. The van der Waals surface area contributed by atoms with Crippen LogP contribution in [0.3, 0.4) is 0 Å². The van der Waals surface area contributed by atoms with Crippen molar-refractivity contribution in [3.8, 4) is 11.3 Å². The lowest BCUT2D eigenvalue weighted by Crippen LogP contribution is -2.23. The van der Waals surface area contributed by atoms with E-state index in [1.54, 1.807) is 48.9 Å². The summed E-state index contributed by atoms with van der Waals surface area (Å²) in [6, 6.07) is 25.4. The minimum Gasteiger partial charge on any atom is -0.346 e. The molecular weight excluding hydrogens is 438 g/mol. The third-order valence-corrected chi connectivity index (χ3v) is 5.48. The zero-order valence-electron chi connectivity index (χ0n) is 18.7. The van der Waals surface area contributed by atoms with Gasteiger partial charge in [0.1, 0.15) is 0 Å². The minimum atomic E-state index is -0.287. The van der Waals surface area contributed by atoms with Gasteiger partial charge >= 0.3 is 0 Å². The van der Waals surface area contributed by atoms with Gasteiger partial charge < -0.3 is 10.6 Å². The highest BCUT2D eigenvalue weighted by Gasteiger charge is 2.15. The van der Waals surface area contributed by atoms with Crippen molar-refractivity contribution in [1.29, 1.82) is 0 Å². The van der Waals surface area contributed by atoms with Gasteiger partial charge in [-0.3, -0.25) is 19.6 Å². The number of aromatic nitrogens is 3. The fourth-order valence-corrected chi connectivity index (χ4v) is 3.75. The summed E-state index contributed by atoms with van der Waals surface area (Å²) in [6.45, 7) is 0.317. The number of carbonyl (C=O) groups excluding carboxylic acids is 2. The number of carbonyl (C=O) groups is 2. The standard InChI is InChI=1S/C28H21N5O2/c34-27(31-18-22-7-3-4-13-30-22)20-6-5-8-21(16-20)32-28(35)24-17-26(19-11-14-29-15-12-19)33-25-10-2-1-9-23(24)25/h1-17H,18H2,(H,31,34)(H,32,35). The van der Waals surface area contributed by atoms with Crippen LogP contribution in [0.1, 0.15) is 26.4 Å². The second kappa shape index (κ2) is 9.93. The van der Waals surface area contributed by atoms with Gasteiger partial charge in [-0.15, -0.1) is 0 Å². The first kappa shape index (κ1) is 21.9. The van der Waals surface area contributed by atoms with E-state index in [9.17, 15) is 9.59 Å². The Hall–Kier alpha value is -4.91. The quantitative estimate of drug-likeness (QED) is 0.377. The minimum absolute atomic E-state index is 0.249. The Kier molecular flexibility index (Phi) is 6.21. The highest BCUT2D eigenvalue weighted by atomic mass is 16.2. The Morgan fingerprint density at radius 3 is 2.43 bits per heavy atom. The highest BCUT2D eigenvalue weighted by Crippen LogP contribution is 2.25. The smallest absolute Gasteiger partial charge is 0.256 e. The van der Waals surface area contributed by atoms with Crippen molar-refractivity contribution in [3.05, 3.63) is 120 Å². The summed E-state index contributed by atoms with van der Waals surface area (Å²) in [6.07, 6.45) is 5.06. The van der Waals surface area contributed by atoms with Crippen molar-refractivity contribution in [1.82, 2.24) is 20.3 Å². The number of pyridine rings is 3. The van der Waals surface area contributed by atoms with Crippen LogP contribution in [0.2, 0.25) is 0 Å². The number of nitrogens with zero attached hydrogens (tertiary/aromatic N) is 3. The molecule has 170 valence electrons. The summed E-state index contributed by atoms with van der Waals surface area (Å²) in [7, 11) is 0. The van der Waals surface area contributed by atoms with E-state index in [-0.39, 0.29) is 11.8 Å². The normalized spacial score (nSPS) is 10.6. The van der Waals surface area contributed by atoms with Crippen LogP contribution >= 0.6 is 0 Å². The molecule has 5 rings (SSSR count). The SMILES string of the molecule is O=C(NCc1ccccn1)c1cccc(NC(=O)c2cc(-c3ccncc3)nc3ccccc23)c1. The molecule has 0 saturated carbocycles. The molecule has 0 spiro atoms. The first-order valence-corrected chi connectivity index (χ1v) is 11.1. The summed E-state index contributed by atoms with van der Waals surface area (Å²) in [4.78, 5) is 39.0. The zero-order chi connectivity index (χ0) is 24.0. The number of rotatable bonds is 6. The predicted molar refractivity (Wildman–Crippen MR) is 135 cm³/mol. The summed E-state index contributed by atoms with van der Waals surface area (Å²) in [5, 5.41) is 6.52. The van der Waals surface area contributed by atoms with Gasteiger partial charge in [0, 0.05) is 40.8 Å². The molecule has 0 aliphatic rings. The maximum Gasteiger partial charge on any atom is 0.256 e. The van der Waals surface area contributed by atoms with Crippen molar-refractivity contribution in [2.75, 3.05) is 5.32 Å². The Morgan fingerprint density at radius 1 is 0.771 bits per heavy atom. The van der Waals surface area contributed by atoms with E-state index in [0.717, 1.165) is 22.2 Å². The lowest BCUT2D eigenvalue weighted by atomic mass is 10.0. The Morgan fingerprint density at radius 2 is 1.60 bits per heavy atom. The topological polar surface area (TPSA) is 96.9 Å². The van der Waals surface area contributed by atoms with E-state index in [2.05, 4.69) is 20.6 Å². The lowest BCUT2D eigenvalue weighted by molar-refractivity contribution is 0.0949. The van der Waals surface area contributed by atoms with E-state index in [1.165, 1.54) is 0 Å². The average molecular weight is 460 g/mol. The second-order valence-electron chi connectivity index (χ2n) is 7.85. The number of amides is 2. The summed E-state index contributed by atoms with van der Waals surface area (Å²) in [5.74, 6) is -0.536. The van der Waals surface area contributed by atoms with Crippen molar-refractivity contribution >= 4 is 28.4 Å². The number of anilines is 1. The maximum atomic E-state index is 13.3. The van der Waals surface area contributed by atoms with Gasteiger partial charge in [0.15, 0.2) is 0 Å². The molecule has 5 aromatic rings. The van der Waals surface area contributed by atoms with Crippen molar-refractivity contribution in [2.24, 2.45) is 0 Å². The summed E-state index contributed by atoms with van der Waals surface area (Å²) >= 11 is 0. The number of para-hydroxylation sites is 1. The summed E-state index contributed by atoms with van der Waals surface area (Å²) < 4.78 is 0.